The third kappa shape index (κ3) is 6.01. The molecule has 4 nitrogen and oxygen atoms in total. The maximum absolute atomic E-state index is 13.4. The topological polar surface area (TPSA) is 49.4 Å². The lowest BCUT2D eigenvalue weighted by Gasteiger charge is -2.35. The number of imide groups is 1. The minimum atomic E-state index is -0.334. The summed E-state index contributed by atoms with van der Waals surface area (Å²) < 4.78 is 0. The van der Waals surface area contributed by atoms with Gasteiger partial charge in [-0.25, -0.2) is 10.4 Å². The molecule has 2 rings (SSSR count). The molecule has 0 saturated heterocycles. The molecule has 0 aromatic heterocycles. The molecule has 1 N–H and O–H groups in total. The van der Waals surface area contributed by atoms with Gasteiger partial charge in [-0.15, -0.1) is 0 Å². The Morgan fingerprint density at radius 1 is 0.862 bits per heavy atom. The predicted octanol–water partition coefficient (Wildman–Crippen LogP) is 5.61. The minimum Gasteiger partial charge on any atom is -0.267 e. The Kier molecular flexibility index (Phi) is 7.37. The van der Waals surface area contributed by atoms with Crippen molar-refractivity contribution >= 4 is 11.8 Å². The van der Waals surface area contributed by atoms with E-state index in [1.807, 2.05) is 51.1 Å². The second kappa shape index (κ2) is 9.36. The fourth-order valence-corrected chi connectivity index (χ4v) is 3.40. The molecule has 2 aromatic carbocycles. The van der Waals surface area contributed by atoms with Crippen molar-refractivity contribution in [3.05, 3.63) is 70.3 Å². The standard InChI is InChI=1S/C25H34N2O2/c1-8-9-22(25(5,6)7)26-27(23(28)20-12-10-17(2)11-13-20)24(29)21-15-18(3)14-19(4)16-21/h10-16,22,26H,8-9H2,1-7H3/t22-/m1/s1. The van der Waals surface area contributed by atoms with Crippen molar-refractivity contribution in [1.82, 2.24) is 10.4 Å². The smallest absolute Gasteiger partial charge is 0.267 e. The molecule has 0 saturated carbocycles. The molecule has 0 fully saturated rings. The Bertz CT molecular complexity index is 843. The van der Waals surface area contributed by atoms with E-state index in [4.69, 9.17) is 0 Å². The van der Waals surface area contributed by atoms with Crippen LogP contribution in [0, 0.1) is 26.2 Å². The number of amides is 2. The average molecular weight is 395 g/mol. The largest absolute Gasteiger partial charge is 0.275 e. The Labute approximate surface area is 175 Å². The van der Waals surface area contributed by atoms with Crippen molar-refractivity contribution in [3.63, 3.8) is 0 Å². The van der Waals surface area contributed by atoms with Crippen molar-refractivity contribution in [2.24, 2.45) is 5.41 Å². The van der Waals surface area contributed by atoms with Gasteiger partial charge in [-0.05, 0) is 56.9 Å². The molecular weight excluding hydrogens is 360 g/mol. The molecule has 4 heteroatoms. The summed E-state index contributed by atoms with van der Waals surface area (Å²) >= 11 is 0. The summed E-state index contributed by atoms with van der Waals surface area (Å²) in [6, 6.07) is 13.0. The van der Waals surface area contributed by atoms with Crippen molar-refractivity contribution in [1.29, 1.82) is 0 Å². The van der Waals surface area contributed by atoms with Crippen LogP contribution in [0.25, 0.3) is 0 Å². The Morgan fingerprint density at radius 2 is 1.38 bits per heavy atom. The Balaban J connectivity index is 2.47. The molecule has 0 aliphatic carbocycles. The van der Waals surface area contributed by atoms with Crippen molar-refractivity contribution in [2.45, 2.75) is 67.3 Å². The van der Waals surface area contributed by atoms with Gasteiger partial charge in [-0.3, -0.25) is 9.59 Å². The number of nitrogens with one attached hydrogen (secondary N) is 1. The number of benzene rings is 2. The van der Waals surface area contributed by atoms with Gasteiger partial charge < -0.3 is 0 Å². The number of hydrogen-bond acceptors (Lipinski definition) is 3. The molecular formula is C25H34N2O2. The third-order valence-corrected chi connectivity index (χ3v) is 5.08. The van der Waals surface area contributed by atoms with Gasteiger partial charge in [0.1, 0.15) is 0 Å². The summed E-state index contributed by atoms with van der Waals surface area (Å²) in [5, 5.41) is 1.21. The van der Waals surface area contributed by atoms with Crippen molar-refractivity contribution in [3.8, 4) is 0 Å². The molecule has 156 valence electrons. The maximum atomic E-state index is 13.4. The van der Waals surface area contributed by atoms with E-state index in [-0.39, 0.29) is 23.3 Å². The summed E-state index contributed by atoms with van der Waals surface area (Å²) in [6.45, 7) is 14.4. The first-order chi connectivity index (χ1) is 13.5. The van der Waals surface area contributed by atoms with Crippen LogP contribution in [0.2, 0.25) is 0 Å². The predicted molar refractivity (Wildman–Crippen MR) is 119 cm³/mol. The highest BCUT2D eigenvalue weighted by Crippen LogP contribution is 2.24. The molecule has 0 aliphatic rings. The molecule has 29 heavy (non-hydrogen) atoms. The second-order valence-corrected chi connectivity index (χ2v) is 9.02. The minimum absolute atomic E-state index is 0.0169. The normalized spacial score (nSPS) is 12.5. The fraction of sp³-hybridized carbons (Fsp3) is 0.440. The van der Waals surface area contributed by atoms with Gasteiger partial charge in [-0.2, -0.15) is 0 Å². The summed E-state index contributed by atoms with van der Waals surface area (Å²) in [4.78, 5) is 26.8. The van der Waals surface area contributed by atoms with Crippen LogP contribution in [0.3, 0.4) is 0 Å². The van der Waals surface area contributed by atoms with E-state index in [2.05, 4.69) is 33.1 Å². The van der Waals surface area contributed by atoms with Crippen LogP contribution >= 0.6 is 0 Å². The number of nitrogens with zero attached hydrogens (tertiary/aromatic N) is 1. The average Bonchev–Trinajstić information content (AvgIpc) is 2.63. The Hall–Kier alpha value is -2.46. The van der Waals surface area contributed by atoms with E-state index in [0.717, 1.165) is 29.5 Å². The van der Waals surface area contributed by atoms with Crippen molar-refractivity contribution in [2.75, 3.05) is 0 Å². The molecule has 0 aliphatic heterocycles. The number of rotatable bonds is 6. The van der Waals surface area contributed by atoms with Crippen LogP contribution in [0.4, 0.5) is 0 Å². The lowest BCUT2D eigenvalue weighted by molar-refractivity contribution is 0.0425. The number of carbonyl (C=O) groups is 2. The van der Waals surface area contributed by atoms with Crippen LogP contribution in [0.5, 0.6) is 0 Å². The lowest BCUT2D eigenvalue weighted by atomic mass is 9.84. The molecule has 1 atom stereocenters. The summed E-state index contributed by atoms with van der Waals surface area (Å²) in [5.41, 5.74) is 7.24. The molecule has 2 amide bonds. The molecule has 0 spiro atoms. The number of carbonyl (C=O) groups excluding carboxylic acids is 2. The van der Waals surface area contributed by atoms with E-state index < -0.39 is 0 Å². The van der Waals surface area contributed by atoms with E-state index in [1.54, 1.807) is 12.1 Å². The first-order valence-corrected chi connectivity index (χ1v) is 10.3. The third-order valence-electron chi connectivity index (χ3n) is 5.08. The number of hydrogen-bond donors (Lipinski definition) is 1. The van der Waals surface area contributed by atoms with E-state index in [9.17, 15) is 9.59 Å². The summed E-state index contributed by atoms with van der Waals surface area (Å²) in [7, 11) is 0. The monoisotopic (exact) mass is 394 g/mol. The van der Waals surface area contributed by atoms with Gasteiger partial charge >= 0.3 is 0 Å². The van der Waals surface area contributed by atoms with Gasteiger partial charge in [-0.1, -0.05) is 69.0 Å². The molecule has 0 unspecified atom stereocenters. The summed E-state index contributed by atoms with van der Waals surface area (Å²) in [5.74, 6) is -0.660. The first-order valence-electron chi connectivity index (χ1n) is 10.3. The van der Waals surface area contributed by atoms with Gasteiger partial charge in [0, 0.05) is 17.2 Å². The first kappa shape index (κ1) is 22.8. The van der Waals surface area contributed by atoms with Gasteiger partial charge in [0.2, 0.25) is 0 Å². The zero-order valence-corrected chi connectivity index (χ0v) is 18.8. The zero-order valence-electron chi connectivity index (χ0n) is 18.8. The highest BCUT2D eigenvalue weighted by atomic mass is 16.2. The van der Waals surface area contributed by atoms with Gasteiger partial charge in [0.15, 0.2) is 0 Å². The lowest BCUT2D eigenvalue weighted by Crippen LogP contribution is -2.55. The molecule has 0 radical (unpaired) electrons. The molecule has 0 heterocycles. The Morgan fingerprint density at radius 3 is 1.86 bits per heavy atom. The van der Waals surface area contributed by atoms with Crippen LogP contribution in [0.1, 0.15) is 77.9 Å². The number of hydrazine groups is 1. The fourth-order valence-electron chi connectivity index (χ4n) is 3.40. The van der Waals surface area contributed by atoms with Crippen LogP contribution < -0.4 is 5.43 Å². The van der Waals surface area contributed by atoms with E-state index >= 15 is 0 Å². The second-order valence-electron chi connectivity index (χ2n) is 9.02. The van der Waals surface area contributed by atoms with Crippen LogP contribution in [-0.2, 0) is 0 Å². The van der Waals surface area contributed by atoms with Crippen LogP contribution in [0.15, 0.2) is 42.5 Å². The van der Waals surface area contributed by atoms with Crippen molar-refractivity contribution < 1.29 is 9.59 Å². The highest BCUT2D eigenvalue weighted by molar-refractivity contribution is 6.10. The summed E-state index contributed by atoms with van der Waals surface area (Å²) in [6.07, 6.45) is 1.82. The van der Waals surface area contributed by atoms with E-state index in [1.165, 1.54) is 5.01 Å². The number of aryl methyl sites for hydroxylation is 3. The SMILES string of the molecule is CCC[C@@H](NN(C(=O)c1ccc(C)cc1)C(=O)c1cc(C)cc(C)c1)C(C)(C)C. The molecule has 2 aromatic rings. The van der Waals surface area contributed by atoms with Gasteiger partial charge in [0.05, 0.1) is 0 Å². The molecule has 0 bridgehead atoms. The highest BCUT2D eigenvalue weighted by Gasteiger charge is 2.31. The van der Waals surface area contributed by atoms with Gasteiger partial charge in [0.25, 0.3) is 11.8 Å². The maximum Gasteiger partial charge on any atom is 0.275 e. The van der Waals surface area contributed by atoms with E-state index in [0.29, 0.717) is 11.1 Å². The quantitative estimate of drug-likeness (QED) is 0.511. The zero-order chi connectivity index (χ0) is 21.8. The van der Waals surface area contributed by atoms with Crippen LogP contribution in [-0.4, -0.2) is 22.9 Å².